The molecule has 0 amide bonds. The maximum Gasteiger partial charge on any atom is 0.159 e. The van der Waals surface area contributed by atoms with Gasteiger partial charge in [-0.3, -0.25) is 4.79 Å². The third-order valence-corrected chi connectivity index (χ3v) is 10.4. The summed E-state index contributed by atoms with van der Waals surface area (Å²) in [6.07, 6.45) is 14.4. The lowest BCUT2D eigenvalue weighted by atomic mass is 9.82. The smallest absolute Gasteiger partial charge is 0.159 e. The molecule has 0 spiro atoms. The zero-order valence-electron chi connectivity index (χ0n) is 25.1. The molecule has 0 radical (unpaired) electrons. The SMILES string of the molecule is C=C(N1CCCCC1)C12CC1c1ccccc1-c1c(C3CCCCCCC3)c3ccc(C(C)=O)cc3n1C2.CC. The molecule has 1 aromatic heterocycles. The van der Waals surface area contributed by atoms with E-state index in [2.05, 4.69) is 51.9 Å². The Hall–Kier alpha value is -2.81. The van der Waals surface area contributed by atoms with Crippen LogP contribution in [0.2, 0.25) is 0 Å². The summed E-state index contributed by atoms with van der Waals surface area (Å²) in [4.78, 5) is 15.1. The molecule has 0 bridgehead atoms. The zero-order valence-corrected chi connectivity index (χ0v) is 25.1. The highest BCUT2D eigenvalue weighted by molar-refractivity contribution is 6.01. The van der Waals surface area contributed by atoms with Gasteiger partial charge in [-0.05, 0) is 74.5 Å². The topological polar surface area (TPSA) is 25.2 Å². The van der Waals surface area contributed by atoms with Crippen LogP contribution >= 0.6 is 0 Å². The average Bonchev–Trinajstić information content (AvgIpc) is 3.64. The molecule has 3 nitrogen and oxygen atoms in total. The number of ketones is 1. The molecular formula is C37H48N2O. The number of aromatic nitrogens is 1. The largest absolute Gasteiger partial charge is 0.375 e. The number of carbonyl (C=O) groups is 1. The van der Waals surface area contributed by atoms with Crippen LogP contribution in [-0.2, 0) is 6.54 Å². The van der Waals surface area contributed by atoms with Gasteiger partial charge >= 0.3 is 0 Å². The Morgan fingerprint density at radius 1 is 0.900 bits per heavy atom. The molecule has 1 saturated heterocycles. The fourth-order valence-corrected chi connectivity index (χ4v) is 8.28. The molecule has 2 aromatic carbocycles. The average molecular weight is 537 g/mol. The minimum absolute atomic E-state index is 0.0784. The first-order valence-corrected chi connectivity index (χ1v) is 16.3. The monoisotopic (exact) mass is 536 g/mol. The summed E-state index contributed by atoms with van der Waals surface area (Å²) in [5, 5.41) is 1.38. The lowest BCUT2D eigenvalue weighted by Gasteiger charge is -2.35. The first-order chi connectivity index (χ1) is 19.6. The Balaban J connectivity index is 0.00000142. The second-order valence-electron chi connectivity index (χ2n) is 12.7. The highest BCUT2D eigenvalue weighted by Crippen LogP contribution is 2.68. The van der Waals surface area contributed by atoms with E-state index in [9.17, 15) is 4.79 Å². The van der Waals surface area contributed by atoms with Crippen molar-refractivity contribution in [2.45, 2.75) is 110 Å². The van der Waals surface area contributed by atoms with Crippen LogP contribution in [-0.4, -0.2) is 28.3 Å². The summed E-state index contributed by atoms with van der Waals surface area (Å²) in [7, 11) is 0. The number of likely N-dealkylation sites (tertiary alicyclic amines) is 1. The number of piperidine rings is 1. The third kappa shape index (κ3) is 4.54. The normalized spacial score (nSPS) is 24.4. The maximum absolute atomic E-state index is 12.5. The Morgan fingerprint density at radius 2 is 1.57 bits per heavy atom. The van der Waals surface area contributed by atoms with E-state index in [0.29, 0.717) is 11.8 Å². The van der Waals surface area contributed by atoms with Gasteiger partial charge in [-0.15, -0.1) is 0 Å². The maximum atomic E-state index is 12.5. The number of carbonyl (C=O) groups excluding carboxylic acids is 1. The van der Waals surface area contributed by atoms with Gasteiger partial charge in [-0.2, -0.15) is 0 Å². The van der Waals surface area contributed by atoms with E-state index in [-0.39, 0.29) is 11.2 Å². The second kappa shape index (κ2) is 11.2. The van der Waals surface area contributed by atoms with E-state index in [1.165, 1.54) is 104 Å². The summed E-state index contributed by atoms with van der Waals surface area (Å²) in [5.41, 5.74) is 9.49. The van der Waals surface area contributed by atoms with E-state index in [1.807, 2.05) is 13.8 Å². The molecule has 212 valence electrons. The molecule has 2 aliphatic heterocycles. The molecule has 4 aliphatic rings. The highest BCUT2D eigenvalue weighted by atomic mass is 16.1. The fraction of sp³-hybridized carbons (Fsp3) is 0.541. The van der Waals surface area contributed by atoms with Crippen molar-refractivity contribution in [3.63, 3.8) is 0 Å². The van der Waals surface area contributed by atoms with Crippen molar-refractivity contribution in [3.8, 4) is 11.3 Å². The first-order valence-electron chi connectivity index (χ1n) is 16.3. The van der Waals surface area contributed by atoms with Crippen LogP contribution in [0.5, 0.6) is 0 Å². The summed E-state index contributed by atoms with van der Waals surface area (Å²) in [6.45, 7) is 13.8. The molecule has 3 fully saturated rings. The van der Waals surface area contributed by atoms with Gasteiger partial charge in [0.05, 0.1) is 5.69 Å². The number of hydrogen-bond donors (Lipinski definition) is 0. The predicted octanol–water partition coefficient (Wildman–Crippen LogP) is 9.85. The van der Waals surface area contributed by atoms with Crippen molar-refractivity contribution in [1.29, 1.82) is 0 Å². The van der Waals surface area contributed by atoms with Gasteiger partial charge in [-0.1, -0.05) is 88.9 Å². The van der Waals surface area contributed by atoms with Crippen LogP contribution in [0.1, 0.15) is 125 Å². The van der Waals surface area contributed by atoms with Crippen LogP contribution in [0, 0.1) is 5.41 Å². The van der Waals surface area contributed by atoms with Crippen molar-refractivity contribution >= 4 is 16.7 Å². The standard InChI is InChI=1S/C35H42N2O.C2H6/c1-24(38)27-17-18-30-32(21-27)37-23-35(25(2)36-19-11-6-12-20-36)22-31(35)28-15-9-10-16-29(28)34(37)33(30)26-13-7-4-3-5-8-14-26;1-2/h9-10,15-18,21,26,31H,2-8,11-14,19-20,22-23H2,1H3;1-2H3. The van der Waals surface area contributed by atoms with Crippen molar-refractivity contribution in [3.05, 3.63) is 71.4 Å². The first kappa shape index (κ1) is 27.4. The molecule has 7 rings (SSSR count). The molecule has 3 heteroatoms. The molecule has 40 heavy (non-hydrogen) atoms. The van der Waals surface area contributed by atoms with E-state index < -0.39 is 0 Å². The van der Waals surface area contributed by atoms with E-state index in [0.717, 1.165) is 25.2 Å². The lowest BCUT2D eigenvalue weighted by molar-refractivity contribution is 0.101. The number of hydrogen-bond acceptors (Lipinski definition) is 2. The van der Waals surface area contributed by atoms with Gasteiger partial charge in [0.1, 0.15) is 0 Å². The van der Waals surface area contributed by atoms with Crippen LogP contribution in [0.15, 0.2) is 54.7 Å². The Bertz CT molecular complexity index is 1400. The molecule has 3 heterocycles. The Kier molecular flexibility index (Phi) is 7.68. The van der Waals surface area contributed by atoms with Crippen LogP contribution in [0.3, 0.4) is 0 Å². The zero-order chi connectivity index (χ0) is 27.9. The van der Waals surface area contributed by atoms with Gasteiger partial charge in [-0.25, -0.2) is 0 Å². The minimum atomic E-state index is 0.0784. The fourth-order valence-electron chi connectivity index (χ4n) is 8.28. The lowest BCUT2D eigenvalue weighted by Crippen LogP contribution is -2.34. The van der Waals surface area contributed by atoms with Crippen LogP contribution in [0.4, 0.5) is 0 Å². The molecule has 0 N–H and O–H groups in total. The minimum Gasteiger partial charge on any atom is -0.375 e. The molecule has 3 aromatic rings. The van der Waals surface area contributed by atoms with Crippen molar-refractivity contribution in [2.24, 2.45) is 5.41 Å². The number of fused-ring (bicyclic) bond motifs is 7. The van der Waals surface area contributed by atoms with Gasteiger partial charge in [0, 0.05) is 52.8 Å². The quantitative estimate of drug-likeness (QED) is 0.310. The second-order valence-corrected chi connectivity index (χ2v) is 12.7. The van der Waals surface area contributed by atoms with Crippen molar-refractivity contribution in [2.75, 3.05) is 13.1 Å². The summed E-state index contributed by atoms with van der Waals surface area (Å²) in [6, 6.07) is 15.8. The van der Waals surface area contributed by atoms with E-state index >= 15 is 0 Å². The van der Waals surface area contributed by atoms with Gasteiger partial charge in [0.25, 0.3) is 0 Å². The van der Waals surface area contributed by atoms with E-state index in [1.54, 1.807) is 12.5 Å². The number of nitrogens with zero attached hydrogens (tertiary/aromatic N) is 2. The molecule has 2 atom stereocenters. The Morgan fingerprint density at radius 3 is 2.30 bits per heavy atom. The molecular weight excluding hydrogens is 488 g/mol. The molecule has 2 saturated carbocycles. The summed E-state index contributed by atoms with van der Waals surface area (Å²) < 4.78 is 2.65. The highest BCUT2D eigenvalue weighted by Gasteiger charge is 2.60. The summed E-state index contributed by atoms with van der Waals surface area (Å²) in [5.74, 6) is 1.27. The van der Waals surface area contributed by atoms with Crippen LogP contribution < -0.4 is 0 Å². The number of benzene rings is 2. The Labute approximate surface area is 241 Å². The predicted molar refractivity (Wildman–Crippen MR) is 168 cm³/mol. The third-order valence-electron chi connectivity index (χ3n) is 10.4. The molecule has 2 aliphatic carbocycles. The van der Waals surface area contributed by atoms with Gasteiger partial charge < -0.3 is 9.47 Å². The van der Waals surface area contributed by atoms with Crippen LogP contribution in [0.25, 0.3) is 22.2 Å². The number of rotatable bonds is 4. The van der Waals surface area contributed by atoms with Crippen molar-refractivity contribution in [1.82, 2.24) is 9.47 Å². The van der Waals surface area contributed by atoms with Gasteiger partial charge in [0.15, 0.2) is 5.78 Å². The number of allylic oxidation sites excluding steroid dienone is 1. The van der Waals surface area contributed by atoms with Crippen molar-refractivity contribution < 1.29 is 4.79 Å². The number of Topliss-reactive ketones (excluding diaryl/α,β-unsaturated/α-hetero) is 1. The van der Waals surface area contributed by atoms with E-state index in [4.69, 9.17) is 6.58 Å². The van der Waals surface area contributed by atoms with Gasteiger partial charge in [0.2, 0.25) is 0 Å². The molecule has 2 unspecified atom stereocenters. The summed E-state index contributed by atoms with van der Waals surface area (Å²) >= 11 is 0.